The third kappa shape index (κ3) is 5.07. The van der Waals surface area contributed by atoms with Gasteiger partial charge in [0, 0.05) is 23.8 Å². The van der Waals surface area contributed by atoms with Gasteiger partial charge in [0.05, 0.1) is 13.3 Å². The van der Waals surface area contributed by atoms with Crippen molar-refractivity contribution in [2.45, 2.75) is 6.04 Å². The Morgan fingerprint density at radius 1 is 0.941 bits per heavy atom. The molecule has 3 aromatic carbocycles. The van der Waals surface area contributed by atoms with E-state index < -0.39 is 23.7 Å². The van der Waals surface area contributed by atoms with E-state index in [4.69, 9.17) is 4.74 Å². The lowest BCUT2D eigenvalue weighted by Crippen LogP contribution is -2.42. The molecule has 1 unspecified atom stereocenters. The maximum atomic E-state index is 13.7. The lowest BCUT2D eigenvalue weighted by atomic mass is 10.0. The number of nitrogens with one attached hydrogen (secondary N) is 1. The van der Waals surface area contributed by atoms with Gasteiger partial charge >= 0.3 is 0 Å². The summed E-state index contributed by atoms with van der Waals surface area (Å²) in [5.41, 5.74) is 1.51. The maximum absolute atomic E-state index is 13.7. The van der Waals surface area contributed by atoms with Gasteiger partial charge in [-0.25, -0.2) is 9.37 Å². The Morgan fingerprint density at radius 3 is 2.26 bits per heavy atom. The van der Waals surface area contributed by atoms with Crippen molar-refractivity contribution in [3.63, 3.8) is 0 Å². The number of benzene rings is 3. The van der Waals surface area contributed by atoms with E-state index in [0.717, 1.165) is 0 Å². The molecule has 4 rings (SSSR count). The molecule has 170 valence electrons. The molecule has 2 amide bonds. The predicted molar refractivity (Wildman–Crippen MR) is 126 cm³/mol. The third-order valence-electron chi connectivity index (χ3n) is 5.09. The van der Waals surface area contributed by atoms with Gasteiger partial charge in [-0.05, 0) is 54.1 Å². The fraction of sp³-hybridized carbons (Fsp3) is 0.0769. The Bertz CT molecular complexity index is 1250. The fourth-order valence-corrected chi connectivity index (χ4v) is 3.45. The van der Waals surface area contributed by atoms with Gasteiger partial charge in [-0.1, -0.05) is 30.3 Å². The summed E-state index contributed by atoms with van der Waals surface area (Å²) in [4.78, 5) is 36.8. The monoisotopic (exact) mass is 456 g/mol. The van der Waals surface area contributed by atoms with Crippen molar-refractivity contribution in [3.8, 4) is 5.75 Å². The highest BCUT2D eigenvalue weighted by atomic mass is 19.1. The van der Waals surface area contributed by atoms with Gasteiger partial charge < -0.3 is 10.1 Å². The van der Waals surface area contributed by atoms with Crippen molar-refractivity contribution in [2.24, 2.45) is 0 Å². The second-order valence-electron chi connectivity index (χ2n) is 7.27. The summed E-state index contributed by atoms with van der Waals surface area (Å²) < 4.78 is 18.6. The third-order valence-corrected chi connectivity index (χ3v) is 5.09. The van der Waals surface area contributed by atoms with Crippen LogP contribution in [0.15, 0.2) is 97.5 Å². The van der Waals surface area contributed by atoms with Crippen LogP contribution in [0.4, 0.5) is 15.8 Å². The van der Waals surface area contributed by atoms with Gasteiger partial charge in [-0.3, -0.25) is 19.5 Å². The molecule has 0 aliphatic heterocycles. The molecule has 1 heterocycles. The summed E-state index contributed by atoms with van der Waals surface area (Å²) in [5, 5.41) is 2.79. The average Bonchev–Trinajstić information content (AvgIpc) is 2.89. The summed E-state index contributed by atoms with van der Waals surface area (Å²) in [6.45, 7) is 0. The van der Waals surface area contributed by atoms with E-state index in [-0.39, 0.29) is 5.69 Å². The molecule has 0 radical (unpaired) electrons. The topological polar surface area (TPSA) is 84.4 Å². The van der Waals surface area contributed by atoms with Crippen molar-refractivity contribution in [2.75, 3.05) is 17.3 Å². The van der Waals surface area contributed by atoms with Gasteiger partial charge in [0.15, 0.2) is 0 Å². The summed E-state index contributed by atoms with van der Waals surface area (Å²) in [5.74, 6) is -0.811. The van der Waals surface area contributed by atoms with Crippen LogP contribution in [0.5, 0.6) is 5.75 Å². The Kier molecular flexibility index (Phi) is 6.88. The molecule has 4 aromatic rings. The molecule has 0 fully saturated rings. The molecule has 8 heteroatoms. The highest BCUT2D eigenvalue weighted by Gasteiger charge is 2.34. The van der Waals surface area contributed by atoms with Crippen LogP contribution in [-0.4, -0.2) is 28.9 Å². The minimum absolute atomic E-state index is 0.0828. The molecule has 0 saturated heterocycles. The van der Waals surface area contributed by atoms with Crippen LogP contribution >= 0.6 is 0 Å². The molecule has 7 nitrogen and oxygen atoms in total. The molecule has 1 aromatic heterocycles. The largest absolute Gasteiger partial charge is 0.497 e. The minimum Gasteiger partial charge on any atom is -0.497 e. The first kappa shape index (κ1) is 22.6. The zero-order valence-electron chi connectivity index (χ0n) is 18.3. The van der Waals surface area contributed by atoms with Crippen LogP contribution in [0.2, 0.25) is 0 Å². The van der Waals surface area contributed by atoms with Crippen LogP contribution < -0.4 is 15.0 Å². The normalized spacial score (nSPS) is 11.4. The molecule has 0 aliphatic rings. The first-order chi connectivity index (χ1) is 16.6. The number of halogens is 1. The number of nitrogens with zero attached hydrogens (tertiary/aromatic N) is 3. The lowest BCUT2D eigenvalue weighted by molar-refractivity contribution is -0.117. The quantitative estimate of drug-likeness (QED) is 0.438. The average molecular weight is 456 g/mol. The number of aromatic nitrogens is 2. The molecule has 0 saturated carbocycles. The fourth-order valence-electron chi connectivity index (χ4n) is 3.45. The Morgan fingerprint density at radius 2 is 1.65 bits per heavy atom. The van der Waals surface area contributed by atoms with Crippen molar-refractivity contribution in [3.05, 3.63) is 115 Å². The van der Waals surface area contributed by atoms with Gasteiger partial charge in [0.2, 0.25) is 0 Å². The minimum atomic E-state index is -1.08. The van der Waals surface area contributed by atoms with Gasteiger partial charge in [-0.2, -0.15) is 0 Å². The SMILES string of the molecule is COc1ccc(C(C(=O)Nc2ccc(F)cc2)N(C(=O)c2cnccn2)c2ccccc2)cc1. The van der Waals surface area contributed by atoms with Crippen molar-refractivity contribution in [1.29, 1.82) is 0 Å². The molecule has 0 bridgehead atoms. The van der Waals surface area contributed by atoms with E-state index in [0.29, 0.717) is 22.7 Å². The van der Waals surface area contributed by atoms with Gasteiger partial charge in [0.1, 0.15) is 23.3 Å². The van der Waals surface area contributed by atoms with E-state index in [1.54, 1.807) is 55.6 Å². The number of anilines is 2. The number of para-hydroxylation sites is 1. The lowest BCUT2D eigenvalue weighted by Gasteiger charge is -2.31. The summed E-state index contributed by atoms with van der Waals surface area (Å²) in [7, 11) is 1.54. The number of hydrogen-bond acceptors (Lipinski definition) is 5. The second-order valence-corrected chi connectivity index (χ2v) is 7.27. The Labute approximate surface area is 195 Å². The molecule has 0 aliphatic carbocycles. The Hall–Kier alpha value is -4.59. The first-order valence-electron chi connectivity index (χ1n) is 10.4. The summed E-state index contributed by atoms with van der Waals surface area (Å²) >= 11 is 0. The molecule has 1 atom stereocenters. The highest BCUT2D eigenvalue weighted by Crippen LogP contribution is 2.31. The summed E-state index contributed by atoms with van der Waals surface area (Å²) in [6, 6.07) is 20.0. The van der Waals surface area contributed by atoms with Crippen LogP contribution in [0.3, 0.4) is 0 Å². The second kappa shape index (κ2) is 10.4. The van der Waals surface area contributed by atoms with Crippen LogP contribution in [-0.2, 0) is 4.79 Å². The highest BCUT2D eigenvalue weighted by molar-refractivity contribution is 6.11. The van der Waals surface area contributed by atoms with Gasteiger partial charge in [-0.15, -0.1) is 0 Å². The number of methoxy groups -OCH3 is 1. The molecular formula is C26H21FN4O3. The number of rotatable bonds is 7. The molecule has 0 spiro atoms. The van der Waals surface area contributed by atoms with E-state index in [1.165, 1.54) is 47.8 Å². The number of carbonyl (C=O) groups excluding carboxylic acids is 2. The smallest absolute Gasteiger partial charge is 0.279 e. The predicted octanol–water partition coefficient (Wildman–Crippen LogP) is 4.65. The zero-order valence-corrected chi connectivity index (χ0v) is 18.3. The van der Waals surface area contributed by atoms with Crippen molar-refractivity contribution < 1.29 is 18.7 Å². The standard InChI is InChI=1S/C26H21FN4O3/c1-34-22-13-7-18(8-14-22)24(25(32)30-20-11-9-19(27)10-12-20)31(21-5-3-2-4-6-21)26(33)23-17-28-15-16-29-23/h2-17,24H,1H3,(H,30,32). The van der Waals surface area contributed by atoms with Gasteiger partial charge in [0.25, 0.3) is 11.8 Å². The molecule has 1 N–H and O–H groups in total. The number of amides is 2. The van der Waals surface area contributed by atoms with Crippen LogP contribution in [0.1, 0.15) is 22.1 Å². The number of hydrogen-bond donors (Lipinski definition) is 1. The number of carbonyl (C=O) groups is 2. The van der Waals surface area contributed by atoms with E-state index in [2.05, 4.69) is 15.3 Å². The van der Waals surface area contributed by atoms with Crippen LogP contribution in [0, 0.1) is 5.82 Å². The van der Waals surface area contributed by atoms with Crippen molar-refractivity contribution in [1.82, 2.24) is 9.97 Å². The molecular weight excluding hydrogens is 435 g/mol. The Balaban J connectivity index is 1.82. The zero-order chi connectivity index (χ0) is 23.9. The van der Waals surface area contributed by atoms with Crippen LogP contribution in [0.25, 0.3) is 0 Å². The first-order valence-corrected chi connectivity index (χ1v) is 10.4. The molecule has 34 heavy (non-hydrogen) atoms. The van der Waals surface area contributed by atoms with E-state index >= 15 is 0 Å². The van der Waals surface area contributed by atoms with Crippen molar-refractivity contribution >= 4 is 23.2 Å². The summed E-state index contributed by atoms with van der Waals surface area (Å²) in [6.07, 6.45) is 4.23. The van der Waals surface area contributed by atoms with E-state index in [1.807, 2.05) is 6.07 Å². The maximum Gasteiger partial charge on any atom is 0.279 e. The number of ether oxygens (including phenoxy) is 1. The van der Waals surface area contributed by atoms with E-state index in [9.17, 15) is 14.0 Å².